The van der Waals surface area contributed by atoms with E-state index < -0.39 is 5.97 Å². The summed E-state index contributed by atoms with van der Waals surface area (Å²) in [5.41, 5.74) is 7.55. The fourth-order valence-corrected chi connectivity index (χ4v) is 1.95. The van der Waals surface area contributed by atoms with E-state index in [1.807, 2.05) is 13.8 Å². The third-order valence-corrected chi connectivity index (χ3v) is 2.68. The first-order valence-corrected chi connectivity index (χ1v) is 5.13. The second-order valence-electron chi connectivity index (χ2n) is 4.54. The third kappa shape index (κ3) is 1.60. The van der Waals surface area contributed by atoms with Gasteiger partial charge in [-0.3, -0.25) is 0 Å². The monoisotopic (exact) mass is 221 g/mol. The predicted molar refractivity (Wildman–Crippen MR) is 60.6 cm³/mol. The van der Waals surface area contributed by atoms with Crippen molar-refractivity contribution >= 4 is 11.7 Å². The molecule has 0 radical (unpaired) electrons. The zero-order chi connectivity index (χ0) is 11.9. The Bertz CT molecular complexity index is 452. The van der Waals surface area contributed by atoms with Crippen molar-refractivity contribution in [2.45, 2.75) is 25.9 Å². The molecule has 1 aromatic rings. The number of nitrogen functional groups attached to an aromatic ring is 1. The number of ether oxygens (including phenoxy) is 2. The maximum absolute atomic E-state index is 11.6. The van der Waals surface area contributed by atoms with Gasteiger partial charge in [0.05, 0.1) is 7.11 Å². The molecule has 1 aliphatic rings. The van der Waals surface area contributed by atoms with Crippen molar-refractivity contribution in [1.82, 2.24) is 0 Å². The molecule has 1 aliphatic heterocycles. The van der Waals surface area contributed by atoms with Gasteiger partial charge in [0, 0.05) is 17.7 Å². The molecule has 0 spiro atoms. The van der Waals surface area contributed by atoms with E-state index in [2.05, 4.69) is 0 Å². The van der Waals surface area contributed by atoms with Crippen molar-refractivity contribution in [2.75, 3.05) is 12.8 Å². The van der Waals surface area contributed by atoms with Gasteiger partial charge in [0.15, 0.2) is 0 Å². The lowest BCUT2D eigenvalue weighted by atomic mass is 9.99. The van der Waals surface area contributed by atoms with E-state index in [9.17, 15) is 4.79 Å². The summed E-state index contributed by atoms with van der Waals surface area (Å²) in [5, 5.41) is 0. The molecule has 1 heterocycles. The van der Waals surface area contributed by atoms with Crippen LogP contribution in [0.1, 0.15) is 29.8 Å². The molecule has 1 aromatic carbocycles. The summed E-state index contributed by atoms with van der Waals surface area (Å²) in [4.78, 5) is 11.6. The second kappa shape index (κ2) is 3.40. The third-order valence-electron chi connectivity index (χ3n) is 2.68. The topological polar surface area (TPSA) is 61.5 Å². The minimum atomic E-state index is -0.394. The number of rotatable bonds is 1. The van der Waals surface area contributed by atoms with Crippen LogP contribution in [0.15, 0.2) is 12.1 Å². The first kappa shape index (κ1) is 10.8. The molecule has 0 fully saturated rings. The lowest BCUT2D eigenvalue weighted by molar-refractivity contribution is 0.0590. The number of anilines is 1. The van der Waals surface area contributed by atoms with Crippen molar-refractivity contribution in [3.05, 3.63) is 23.3 Å². The Labute approximate surface area is 94.3 Å². The van der Waals surface area contributed by atoms with Gasteiger partial charge < -0.3 is 15.2 Å². The van der Waals surface area contributed by atoms with Gasteiger partial charge in [0.2, 0.25) is 0 Å². The first-order chi connectivity index (χ1) is 7.44. The lowest BCUT2D eigenvalue weighted by Gasteiger charge is -2.17. The largest absolute Gasteiger partial charge is 0.486 e. The van der Waals surface area contributed by atoms with E-state index in [4.69, 9.17) is 15.2 Å². The van der Waals surface area contributed by atoms with Crippen LogP contribution in [-0.4, -0.2) is 18.7 Å². The minimum absolute atomic E-state index is 0.319. The molecule has 0 aromatic heterocycles. The Morgan fingerprint density at radius 3 is 2.81 bits per heavy atom. The fraction of sp³-hybridized carbons (Fsp3) is 0.417. The number of carbonyl (C=O) groups excluding carboxylic acids is 1. The van der Waals surface area contributed by atoms with Crippen molar-refractivity contribution in [2.24, 2.45) is 0 Å². The molecule has 4 nitrogen and oxygen atoms in total. The van der Waals surface area contributed by atoms with E-state index in [-0.39, 0.29) is 5.60 Å². The van der Waals surface area contributed by atoms with E-state index >= 15 is 0 Å². The number of methoxy groups -OCH3 is 1. The van der Waals surface area contributed by atoms with Crippen LogP contribution in [0.3, 0.4) is 0 Å². The smallest absolute Gasteiger partial charge is 0.341 e. The number of hydrogen-bond donors (Lipinski definition) is 1. The molecular formula is C12H15NO3. The number of hydrogen-bond acceptors (Lipinski definition) is 4. The number of esters is 1. The summed E-state index contributed by atoms with van der Waals surface area (Å²) in [6.07, 6.45) is 0.707. The van der Waals surface area contributed by atoms with E-state index in [1.165, 1.54) is 7.11 Å². The SMILES string of the molecule is COC(=O)c1ccc(N)c2c1OC(C)(C)C2. The molecule has 0 aliphatic carbocycles. The highest BCUT2D eigenvalue weighted by Crippen LogP contribution is 2.41. The van der Waals surface area contributed by atoms with E-state index in [0.717, 1.165) is 5.56 Å². The molecule has 86 valence electrons. The van der Waals surface area contributed by atoms with Crippen LogP contribution >= 0.6 is 0 Å². The number of benzene rings is 1. The standard InChI is InChI=1S/C12H15NO3/c1-12(2)6-8-9(13)5-4-7(10(8)16-12)11(14)15-3/h4-5H,6,13H2,1-3H3. The van der Waals surface area contributed by atoms with Crippen LogP contribution in [0.25, 0.3) is 0 Å². The molecule has 0 atom stereocenters. The van der Waals surface area contributed by atoms with Gasteiger partial charge in [0.25, 0.3) is 0 Å². The van der Waals surface area contributed by atoms with Gasteiger partial charge in [0.1, 0.15) is 16.9 Å². The van der Waals surface area contributed by atoms with Crippen molar-refractivity contribution in [3.8, 4) is 5.75 Å². The second-order valence-corrected chi connectivity index (χ2v) is 4.54. The van der Waals surface area contributed by atoms with Gasteiger partial charge in [-0.15, -0.1) is 0 Å². The lowest BCUT2D eigenvalue weighted by Crippen LogP contribution is -2.25. The Morgan fingerprint density at radius 1 is 1.50 bits per heavy atom. The Morgan fingerprint density at radius 2 is 2.19 bits per heavy atom. The summed E-state index contributed by atoms with van der Waals surface area (Å²) in [6.45, 7) is 3.93. The highest BCUT2D eigenvalue weighted by atomic mass is 16.5. The molecule has 4 heteroatoms. The molecule has 0 saturated carbocycles. The summed E-state index contributed by atoms with van der Waals surface area (Å²) >= 11 is 0. The normalized spacial score (nSPS) is 16.4. The molecule has 0 bridgehead atoms. The quantitative estimate of drug-likeness (QED) is 0.580. The summed E-state index contributed by atoms with van der Waals surface area (Å²) in [5.74, 6) is 0.172. The van der Waals surface area contributed by atoms with Crippen LogP contribution < -0.4 is 10.5 Å². The fourth-order valence-electron chi connectivity index (χ4n) is 1.95. The Kier molecular flexibility index (Phi) is 2.30. The molecule has 16 heavy (non-hydrogen) atoms. The van der Waals surface area contributed by atoms with Gasteiger partial charge >= 0.3 is 5.97 Å². The van der Waals surface area contributed by atoms with E-state index in [1.54, 1.807) is 12.1 Å². The van der Waals surface area contributed by atoms with Crippen molar-refractivity contribution < 1.29 is 14.3 Å². The van der Waals surface area contributed by atoms with Crippen LogP contribution in [0.4, 0.5) is 5.69 Å². The average molecular weight is 221 g/mol. The predicted octanol–water partition coefficient (Wildman–Crippen LogP) is 1.77. The van der Waals surface area contributed by atoms with Crippen LogP contribution in [0.5, 0.6) is 5.75 Å². The highest BCUT2D eigenvalue weighted by molar-refractivity contribution is 5.94. The maximum Gasteiger partial charge on any atom is 0.341 e. The molecule has 0 unspecified atom stereocenters. The highest BCUT2D eigenvalue weighted by Gasteiger charge is 2.34. The number of fused-ring (bicyclic) bond motifs is 1. The van der Waals surface area contributed by atoms with Crippen LogP contribution in [0.2, 0.25) is 0 Å². The van der Waals surface area contributed by atoms with Gasteiger partial charge in [-0.1, -0.05) is 0 Å². The summed E-state index contributed by atoms with van der Waals surface area (Å²) < 4.78 is 10.5. The average Bonchev–Trinajstić information content (AvgIpc) is 2.54. The molecular weight excluding hydrogens is 206 g/mol. The van der Waals surface area contributed by atoms with E-state index in [0.29, 0.717) is 23.4 Å². The first-order valence-electron chi connectivity index (χ1n) is 5.13. The molecule has 0 amide bonds. The van der Waals surface area contributed by atoms with Crippen molar-refractivity contribution in [3.63, 3.8) is 0 Å². The van der Waals surface area contributed by atoms with Gasteiger partial charge in [-0.25, -0.2) is 4.79 Å². The summed E-state index contributed by atoms with van der Waals surface area (Å²) in [7, 11) is 1.35. The zero-order valence-electron chi connectivity index (χ0n) is 9.66. The zero-order valence-corrected chi connectivity index (χ0v) is 9.66. The van der Waals surface area contributed by atoms with Gasteiger partial charge in [-0.05, 0) is 26.0 Å². The summed E-state index contributed by atoms with van der Waals surface area (Å²) in [6, 6.07) is 3.36. The van der Waals surface area contributed by atoms with Crippen LogP contribution in [-0.2, 0) is 11.2 Å². The van der Waals surface area contributed by atoms with Gasteiger partial charge in [-0.2, -0.15) is 0 Å². The Hall–Kier alpha value is -1.71. The molecule has 2 N–H and O–H groups in total. The molecule has 2 rings (SSSR count). The van der Waals surface area contributed by atoms with Crippen LogP contribution in [0, 0.1) is 0 Å². The number of carbonyl (C=O) groups is 1. The number of nitrogens with two attached hydrogens (primary N) is 1. The van der Waals surface area contributed by atoms with Crippen molar-refractivity contribution in [1.29, 1.82) is 0 Å². The molecule has 0 saturated heterocycles. The minimum Gasteiger partial charge on any atom is -0.486 e. The maximum atomic E-state index is 11.6. The Balaban J connectivity index is 2.54.